The van der Waals surface area contributed by atoms with Gasteiger partial charge in [-0.25, -0.2) is 9.97 Å². The van der Waals surface area contributed by atoms with E-state index in [-0.39, 0.29) is 11.7 Å². The third-order valence-corrected chi connectivity index (χ3v) is 5.67. The van der Waals surface area contributed by atoms with Crippen LogP contribution in [-0.4, -0.2) is 46.2 Å². The number of carbonyl (C=O) groups is 1. The quantitative estimate of drug-likeness (QED) is 0.450. The second-order valence-electron chi connectivity index (χ2n) is 7.52. The number of carbonyl (C=O) groups excluding carboxylic acids is 1. The van der Waals surface area contributed by atoms with Crippen molar-refractivity contribution in [3.8, 4) is 11.6 Å². The lowest BCUT2D eigenvalue weighted by atomic mass is 10.2. The second kappa shape index (κ2) is 8.91. The summed E-state index contributed by atoms with van der Waals surface area (Å²) in [7, 11) is 0. The normalized spacial score (nSPS) is 11.0. The molecule has 0 spiro atoms. The molecule has 4 rings (SSSR count). The van der Waals surface area contributed by atoms with Gasteiger partial charge in [0.2, 0.25) is 5.91 Å². The summed E-state index contributed by atoms with van der Waals surface area (Å²) in [5, 5.41) is 16.5. The minimum absolute atomic E-state index is 0.169. The topological polar surface area (TPSA) is 103 Å². The molecule has 0 aliphatic rings. The highest BCUT2D eigenvalue weighted by molar-refractivity contribution is 7.99. The molecule has 0 bridgehead atoms. The number of rotatable bonds is 6. The molecule has 10 heteroatoms. The van der Waals surface area contributed by atoms with Gasteiger partial charge >= 0.3 is 0 Å². The van der Waals surface area contributed by atoms with Crippen LogP contribution < -0.4 is 5.32 Å². The van der Waals surface area contributed by atoms with Crippen molar-refractivity contribution >= 4 is 23.5 Å². The summed E-state index contributed by atoms with van der Waals surface area (Å²) in [4.78, 5) is 21.7. The molecule has 32 heavy (non-hydrogen) atoms. The molecule has 4 aromatic rings. The van der Waals surface area contributed by atoms with Crippen molar-refractivity contribution in [2.45, 2.75) is 39.8 Å². The first-order valence-corrected chi connectivity index (χ1v) is 11.1. The molecule has 0 fully saturated rings. The van der Waals surface area contributed by atoms with Crippen molar-refractivity contribution in [1.82, 2.24) is 34.5 Å². The average molecular weight is 449 g/mol. The molecular weight excluding hydrogens is 424 g/mol. The maximum absolute atomic E-state index is 12.8. The van der Waals surface area contributed by atoms with E-state index in [9.17, 15) is 4.79 Å². The Morgan fingerprint density at radius 3 is 2.41 bits per heavy atom. The van der Waals surface area contributed by atoms with E-state index in [1.54, 1.807) is 10.7 Å². The van der Waals surface area contributed by atoms with Crippen LogP contribution in [0.25, 0.3) is 11.6 Å². The van der Waals surface area contributed by atoms with Crippen LogP contribution in [0.1, 0.15) is 28.5 Å². The summed E-state index contributed by atoms with van der Waals surface area (Å²) in [5.74, 6) is 1.70. The van der Waals surface area contributed by atoms with Crippen molar-refractivity contribution in [3.05, 3.63) is 64.9 Å². The number of amides is 1. The fourth-order valence-electron chi connectivity index (χ4n) is 3.38. The third-order valence-electron chi connectivity index (χ3n) is 4.74. The molecule has 9 nitrogen and oxygen atoms in total. The van der Waals surface area contributed by atoms with Gasteiger partial charge in [0.1, 0.15) is 11.6 Å². The molecule has 0 unspecified atom stereocenters. The summed E-state index contributed by atoms with van der Waals surface area (Å²) in [6.07, 6.45) is 0. The van der Waals surface area contributed by atoms with Gasteiger partial charge in [-0.2, -0.15) is 9.78 Å². The highest BCUT2D eigenvalue weighted by atomic mass is 32.2. The van der Waals surface area contributed by atoms with Gasteiger partial charge < -0.3 is 5.32 Å². The summed E-state index contributed by atoms with van der Waals surface area (Å²) >= 11 is 1.33. The van der Waals surface area contributed by atoms with Crippen LogP contribution in [0.5, 0.6) is 0 Å². The maximum atomic E-state index is 12.8. The number of nitrogens with one attached hydrogen (secondary N) is 1. The Balaban J connectivity index is 1.52. The van der Waals surface area contributed by atoms with E-state index in [2.05, 4.69) is 30.6 Å². The van der Waals surface area contributed by atoms with Gasteiger partial charge in [0.05, 0.1) is 17.1 Å². The SMILES string of the molecule is Cc1cc(C)nc(-n2nc(C)cc2NC(=O)CSc2nnc(C)n2-c2ccccc2C)n1. The van der Waals surface area contributed by atoms with Gasteiger partial charge in [0, 0.05) is 17.5 Å². The molecule has 0 radical (unpaired) electrons. The summed E-state index contributed by atoms with van der Waals surface area (Å²) in [5.41, 5.74) is 4.53. The van der Waals surface area contributed by atoms with E-state index in [0.29, 0.717) is 16.9 Å². The number of aromatic nitrogens is 7. The van der Waals surface area contributed by atoms with Crippen LogP contribution in [0.3, 0.4) is 0 Å². The van der Waals surface area contributed by atoms with Crippen molar-refractivity contribution in [3.63, 3.8) is 0 Å². The van der Waals surface area contributed by atoms with E-state index in [0.717, 1.165) is 34.2 Å². The van der Waals surface area contributed by atoms with Gasteiger partial charge in [-0.15, -0.1) is 10.2 Å². The van der Waals surface area contributed by atoms with Gasteiger partial charge in [0.25, 0.3) is 5.95 Å². The van der Waals surface area contributed by atoms with Crippen LogP contribution in [0, 0.1) is 34.6 Å². The molecule has 1 amide bonds. The zero-order chi connectivity index (χ0) is 22.8. The highest BCUT2D eigenvalue weighted by Gasteiger charge is 2.17. The van der Waals surface area contributed by atoms with E-state index >= 15 is 0 Å². The molecule has 0 atom stereocenters. The van der Waals surface area contributed by atoms with Crippen LogP contribution in [0.2, 0.25) is 0 Å². The number of anilines is 1. The molecule has 1 N–H and O–H groups in total. The van der Waals surface area contributed by atoms with Gasteiger partial charge in [-0.1, -0.05) is 30.0 Å². The predicted molar refractivity (Wildman–Crippen MR) is 124 cm³/mol. The van der Waals surface area contributed by atoms with Crippen molar-refractivity contribution in [1.29, 1.82) is 0 Å². The van der Waals surface area contributed by atoms with Crippen molar-refractivity contribution in [2.24, 2.45) is 0 Å². The lowest BCUT2D eigenvalue weighted by Crippen LogP contribution is -2.18. The molecule has 0 aliphatic heterocycles. The van der Waals surface area contributed by atoms with Gasteiger partial charge in [-0.05, 0) is 52.3 Å². The Bertz CT molecular complexity index is 1270. The van der Waals surface area contributed by atoms with Crippen LogP contribution in [-0.2, 0) is 4.79 Å². The molecule has 1 aromatic carbocycles. The van der Waals surface area contributed by atoms with Crippen LogP contribution in [0.4, 0.5) is 5.82 Å². The number of benzene rings is 1. The number of hydrogen-bond acceptors (Lipinski definition) is 7. The molecule has 0 saturated carbocycles. The molecule has 3 aromatic heterocycles. The van der Waals surface area contributed by atoms with Crippen LogP contribution >= 0.6 is 11.8 Å². The molecule has 0 saturated heterocycles. The Labute approximate surface area is 190 Å². The predicted octanol–water partition coefficient (Wildman–Crippen LogP) is 3.52. The Kier molecular flexibility index (Phi) is 6.04. The van der Waals surface area contributed by atoms with E-state index in [1.807, 2.05) is 69.5 Å². The lowest BCUT2D eigenvalue weighted by molar-refractivity contribution is -0.113. The van der Waals surface area contributed by atoms with E-state index in [1.165, 1.54) is 11.8 Å². The first-order chi connectivity index (χ1) is 15.3. The zero-order valence-corrected chi connectivity index (χ0v) is 19.4. The molecule has 3 heterocycles. The van der Waals surface area contributed by atoms with Crippen LogP contribution in [0.15, 0.2) is 41.6 Å². The Hall–Kier alpha value is -3.53. The molecular formula is C22H24N8OS. The van der Waals surface area contributed by atoms with E-state index in [4.69, 9.17) is 0 Å². The first kappa shape index (κ1) is 21.7. The minimum Gasteiger partial charge on any atom is -0.310 e. The number of hydrogen-bond donors (Lipinski definition) is 1. The summed E-state index contributed by atoms with van der Waals surface area (Å²) in [6.45, 7) is 9.59. The zero-order valence-electron chi connectivity index (χ0n) is 18.6. The monoisotopic (exact) mass is 448 g/mol. The van der Waals surface area contributed by atoms with Crippen molar-refractivity contribution < 1.29 is 4.79 Å². The van der Waals surface area contributed by atoms with Gasteiger partial charge in [0.15, 0.2) is 5.16 Å². The second-order valence-corrected chi connectivity index (χ2v) is 8.46. The Morgan fingerprint density at radius 2 is 1.69 bits per heavy atom. The number of aryl methyl sites for hydroxylation is 5. The smallest absolute Gasteiger partial charge is 0.252 e. The van der Waals surface area contributed by atoms with Crippen molar-refractivity contribution in [2.75, 3.05) is 11.1 Å². The standard InChI is InChI=1S/C22H24N8OS/c1-13-8-6-7-9-18(13)29-17(5)26-27-22(29)32-12-20(31)25-19-11-16(4)28-30(19)21-23-14(2)10-15(3)24-21/h6-11H,12H2,1-5H3,(H,25,31). The summed E-state index contributed by atoms with van der Waals surface area (Å²) < 4.78 is 3.52. The highest BCUT2D eigenvalue weighted by Crippen LogP contribution is 2.24. The first-order valence-electron chi connectivity index (χ1n) is 10.1. The fourth-order valence-corrected chi connectivity index (χ4v) is 4.17. The third kappa shape index (κ3) is 4.54. The maximum Gasteiger partial charge on any atom is 0.252 e. The number of nitrogens with zero attached hydrogens (tertiary/aromatic N) is 7. The largest absolute Gasteiger partial charge is 0.310 e. The minimum atomic E-state index is -0.183. The molecule has 164 valence electrons. The van der Waals surface area contributed by atoms with E-state index < -0.39 is 0 Å². The Morgan fingerprint density at radius 1 is 0.969 bits per heavy atom. The molecule has 0 aliphatic carbocycles. The number of para-hydroxylation sites is 1. The fraction of sp³-hybridized carbons (Fsp3) is 0.273. The average Bonchev–Trinajstić information content (AvgIpc) is 3.28. The lowest BCUT2D eigenvalue weighted by Gasteiger charge is -2.11. The summed E-state index contributed by atoms with van der Waals surface area (Å²) in [6, 6.07) is 11.7. The number of thioether (sulfide) groups is 1. The van der Waals surface area contributed by atoms with Gasteiger partial charge in [-0.3, -0.25) is 9.36 Å².